The van der Waals surface area contributed by atoms with Gasteiger partial charge >= 0.3 is 0 Å². The van der Waals surface area contributed by atoms with E-state index in [1.165, 1.54) is 4.31 Å². The molecule has 3 rings (SSSR count). The summed E-state index contributed by atoms with van der Waals surface area (Å²) in [5.41, 5.74) is 0.623. The molecule has 0 radical (unpaired) electrons. The van der Waals surface area contributed by atoms with E-state index in [4.69, 9.17) is 0 Å². The van der Waals surface area contributed by atoms with Crippen molar-refractivity contribution in [3.05, 3.63) is 24.4 Å². The third kappa shape index (κ3) is 1.89. The number of nitrogens with zero attached hydrogens (tertiary/aromatic N) is 3. The number of hydrogen-bond acceptors (Lipinski definition) is 4. The molecule has 1 N–H and O–H groups in total. The fourth-order valence-corrected chi connectivity index (χ4v) is 4.14. The Morgan fingerprint density at radius 2 is 2.15 bits per heavy atom. The SMILES string of the molecule is CNc1nc2ccccn2c1S(=O)(=O)N(C)C1CCC1. The van der Waals surface area contributed by atoms with Crippen LogP contribution in [-0.2, 0) is 10.0 Å². The van der Waals surface area contributed by atoms with Gasteiger partial charge in [-0.2, -0.15) is 4.31 Å². The Balaban J connectivity index is 2.17. The summed E-state index contributed by atoms with van der Waals surface area (Å²) in [5, 5.41) is 3.10. The summed E-state index contributed by atoms with van der Waals surface area (Å²) < 4.78 is 28.8. The van der Waals surface area contributed by atoms with Crippen LogP contribution in [0, 0.1) is 0 Å². The van der Waals surface area contributed by atoms with Gasteiger partial charge in [-0.3, -0.25) is 4.40 Å². The van der Waals surface area contributed by atoms with E-state index in [1.807, 2.05) is 6.07 Å². The van der Waals surface area contributed by atoms with E-state index in [9.17, 15) is 8.42 Å². The van der Waals surface area contributed by atoms with Crippen molar-refractivity contribution in [1.29, 1.82) is 0 Å². The first-order valence-electron chi connectivity index (χ1n) is 6.68. The van der Waals surface area contributed by atoms with Crippen LogP contribution in [0.5, 0.6) is 0 Å². The molecule has 0 bridgehead atoms. The normalized spacial score (nSPS) is 16.6. The maximum absolute atomic E-state index is 12.8. The van der Waals surface area contributed by atoms with Crippen molar-refractivity contribution >= 4 is 21.5 Å². The number of anilines is 1. The van der Waals surface area contributed by atoms with Gasteiger partial charge in [0.25, 0.3) is 10.0 Å². The summed E-state index contributed by atoms with van der Waals surface area (Å²) in [6.45, 7) is 0. The van der Waals surface area contributed by atoms with E-state index >= 15 is 0 Å². The highest BCUT2D eigenvalue weighted by Crippen LogP contribution is 2.31. The van der Waals surface area contributed by atoms with E-state index in [0.717, 1.165) is 19.3 Å². The van der Waals surface area contributed by atoms with E-state index in [2.05, 4.69) is 10.3 Å². The van der Waals surface area contributed by atoms with E-state index in [0.29, 0.717) is 11.5 Å². The average molecular weight is 294 g/mol. The number of imidazole rings is 1. The third-order valence-electron chi connectivity index (χ3n) is 3.94. The molecule has 7 heteroatoms. The van der Waals surface area contributed by atoms with Gasteiger partial charge in [0.15, 0.2) is 10.8 Å². The molecule has 0 spiro atoms. The number of hydrogen-bond donors (Lipinski definition) is 1. The highest BCUT2D eigenvalue weighted by atomic mass is 32.2. The second-order valence-electron chi connectivity index (χ2n) is 5.05. The molecule has 0 aliphatic heterocycles. The topological polar surface area (TPSA) is 66.7 Å². The quantitative estimate of drug-likeness (QED) is 0.929. The van der Waals surface area contributed by atoms with Crippen LogP contribution in [0.4, 0.5) is 5.82 Å². The first kappa shape index (κ1) is 13.4. The van der Waals surface area contributed by atoms with Crippen LogP contribution in [0.15, 0.2) is 29.4 Å². The number of rotatable bonds is 4. The van der Waals surface area contributed by atoms with Crippen LogP contribution in [0.2, 0.25) is 0 Å². The molecule has 2 heterocycles. The van der Waals surface area contributed by atoms with Crippen molar-refractivity contribution in [2.75, 3.05) is 19.4 Å². The number of aromatic nitrogens is 2. The number of nitrogens with one attached hydrogen (secondary N) is 1. The molecular weight excluding hydrogens is 276 g/mol. The summed E-state index contributed by atoms with van der Waals surface area (Å²) in [6.07, 6.45) is 4.68. The van der Waals surface area contributed by atoms with E-state index in [-0.39, 0.29) is 11.1 Å². The highest BCUT2D eigenvalue weighted by Gasteiger charge is 2.35. The van der Waals surface area contributed by atoms with Gasteiger partial charge in [0.2, 0.25) is 0 Å². The summed E-state index contributed by atoms with van der Waals surface area (Å²) in [5.74, 6) is 0.391. The predicted molar refractivity (Wildman–Crippen MR) is 77.3 cm³/mol. The lowest BCUT2D eigenvalue weighted by atomic mass is 9.94. The fourth-order valence-electron chi connectivity index (χ4n) is 2.47. The summed E-state index contributed by atoms with van der Waals surface area (Å²) in [6, 6.07) is 5.55. The average Bonchev–Trinajstić information content (AvgIpc) is 2.75. The second kappa shape index (κ2) is 4.75. The smallest absolute Gasteiger partial charge is 0.262 e. The Morgan fingerprint density at radius 3 is 2.75 bits per heavy atom. The summed E-state index contributed by atoms with van der Waals surface area (Å²) in [4.78, 5) is 4.33. The van der Waals surface area contributed by atoms with Crippen LogP contribution in [-0.4, -0.2) is 42.2 Å². The second-order valence-corrected chi connectivity index (χ2v) is 6.96. The fraction of sp³-hybridized carbons (Fsp3) is 0.462. The molecule has 1 saturated carbocycles. The zero-order chi connectivity index (χ0) is 14.3. The van der Waals surface area contributed by atoms with Crippen LogP contribution in [0.25, 0.3) is 5.65 Å². The maximum Gasteiger partial charge on any atom is 0.262 e. The van der Waals surface area contributed by atoms with Gasteiger partial charge in [-0.05, 0) is 25.0 Å². The maximum atomic E-state index is 12.8. The summed E-state index contributed by atoms with van der Waals surface area (Å²) >= 11 is 0. The molecule has 2 aromatic rings. The van der Waals surface area contributed by atoms with Crippen molar-refractivity contribution in [2.24, 2.45) is 0 Å². The van der Waals surface area contributed by atoms with Crippen LogP contribution >= 0.6 is 0 Å². The van der Waals surface area contributed by atoms with Gasteiger partial charge in [0, 0.05) is 26.3 Å². The molecule has 1 fully saturated rings. The Labute approximate surface area is 118 Å². The zero-order valence-electron chi connectivity index (χ0n) is 11.6. The highest BCUT2D eigenvalue weighted by molar-refractivity contribution is 7.89. The van der Waals surface area contributed by atoms with Crippen molar-refractivity contribution in [2.45, 2.75) is 30.3 Å². The van der Waals surface area contributed by atoms with Gasteiger partial charge in [0.05, 0.1) is 0 Å². The lowest BCUT2D eigenvalue weighted by Crippen LogP contribution is -2.41. The first-order chi connectivity index (χ1) is 9.55. The van der Waals surface area contributed by atoms with Crippen molar-refractivity contribution in [3.8, 4) is 0 Å². The molecule has 6 nitrogen and oxygen atoms in total. The molecule has 108 valence electrons. The van der Waals surface area contributed by atoms with Crippen molar-refractivity contribution in [3.63, 3.8) is 0 Å². The molecular formula is C13H18N4O2S. The Morgan fingerprint density at radius 1 is 1.40 bits per heavy atom. The van der Waals surface area contributed by atoms with E-state index in [1.54, 1.807) is 36.8 Å². The standard InChI is InChI=1S/C13H18N4O2S/c1-14-12-13(17-9-4-3-8-11(17)15-12)20(18,19)16(2)10-6-5-7-10/h3-4,8-10,14H,5-7H2,1-2H3. The Hall–Kier alpha value is -1.60. The number of sulfonamides is 1. The molecule has 20 heavy (non-hydrogen) atoms. The van der Waals surface area contributed by atoms with Crippen LogP contribution in [0.3, 0.4) is 0 Å². The Bertz CT molecular complexity index is 734. The minimum Gasteiger partial charge on any atom is -0.371 e. The van der Waals surface area contributed by atoms with Crippen LogP contribution < -0.4 is 5.32 Å². The molecule has 0 unspecified atom stereocenters. The molecule has 0 atom stereocenters. The van der Waals surface area contributed by atoms with E-state index < -0.39 is 10.0 Å². The van der Waals surface area contributed by atoms with Crippen molar-refractivity contribution in [1.82, 2.24) is 13.7 Å². The summed E-state index contributed by atoms with van der Waals surface area (Å²) in [7, 11) is -0.215. The monoisotopic (exact) mass is 294 g/mol. The number of fused-ring (bicyclic) bond motifs is 1. The Kier molecular flexibility index (Phi) is 3.18. The molecule has 0 saturated heterocycles. The first-order valence-corrected chi connectivity index (χ1v) is 8.12. The van der Waals surface area contributed by atoms with Gasteiger partial charge in [-0.25, -0.2) is 13.4 Å². The minimum absolute atomic E-state index is 0.110. The van der Waals surface area contributed by atoms with Crippen molar-refractivity contribution < 1.29 is 8.42 Å². The van der Waals surface area contributed by atoms with Gasteiger partial charge in [-0.15, -0.1) is 0 Å². The molecule has 1 aliphatic carbocycles. The molecule has 0 amide bonds. The van der Waals surface area contributed by atoms with Gasteiger partial charge < -0.3 is 5.32 Å². The molecule has 1 aliphatic rings. The third-order valence-corrected chi connectivity index (χ3v) is 5.87. The van der Waals surface area contributed by atoms with Gasteiger partial charge in [0.1, 0.15) is 5.65 Å². The lowest BCUT2D eigenvalue weighted by molar-refractivity contribution is 0.249. The molecule has 2 aromatic heterocycles. The zero-order valence-corrected chi connectivity index (χ0v) is 12.4. The number of pyridine rings is 1. The lowest BCUT2D eigenvalue weighted by Gasteiger charge is -2.33. The van der Waals surface area contributed by atoms with Gasteiger partial charge in [-0.1, -0.05) is 12.5 Å². The molecule has 0 aromatic carbocycles. The minimum atomic E-state index is -3.55. The van der Waals surface area contributed by atoms with Crippen LogP contribution in [0.1, 0.15) is 19.3 Å². The predicted octanol–water partition coefficient (Wildman–Crippen LogP) is 1.55. The largest absolute Gasteiger partial charge is 0.371 e.